The van der Waals surface area contributed by atoms with Crippen LogP contribution >= 0.6 is 0 Å². The Labute approximate surface area is 96.4 Å². The van der Waals surface area contributed by atoms with Gasteiger partial charge in [-0.25, -0.2) is 4.98 Å². The fraction of sp³-hybridized carbons (Fsp3) is 0.583. The van der Waals surface area contributed by atoms with E-state index in [1.54, 1.807) is 0 Å². The largest absolute Gasteiger partial charge is 0.384 e. The lowest BCUT2D eigenvalue weighted by Gasteiger charge is -2.11. The highest BCUT2D eigenvalue weighted by Crippen LogP contribution is 2.14. The Morgan fingerprint density at radius 3 is 3.00 bits per heavy atom. The summed E-state index contributed by atoms with van der Waals surface area (Å²) >= 11 is 0. The third-order valence-electron chi connectivity index (χ3n) is 2.68. The molecule has 1 aliphatic heterocycles. The van der Waals surface area contributed by atoms with E-state index in [1.807, 2.05) is 18.3 Å². The molecule has 0 spiro atoms. The minimum Gasteiger partial charge on any atom is -0.384 e. The predicted octanol–water partition coefficient (Wildman–Crippen LogP) is 2.10. The van der Waals surface area contributed by atoms with Gasteiger partial charge >= 0.3 is 0 Å². The van der Waals surface area contributed by atoms with Crippen LogP contribution in [0, 0.1) is 0 Å². The third-order valence-corrected chi connectivity index (χ3v) is 2.68. The Balaban J connectivity index is 1.80. The molecule has 0 radical (unpaired) electrons. The van der Waals surface area contributed by atoms with Crippen LogP contribution in [0.25, 0.3) is 0 Å². The second-order valence-corrected chi connectivity index (χ2v) is 3.98. The van der Waals surface area contributed by atoms with Gasteiger partial charge in [0.05, 0.1) is 18.0 Å². The molecule has 0 saturated carbocycles. The maximum Gasteiger partial charge on any atom is 0.126 e. The average Bonchev–Trinajstić information content (AvgIpc) is 2.82. The molecule has 1 aliphatic rings. The number of anilines is 2. The molecule has 0 aromatic carbocycles. The van der Waals surface area contributed by atoms with Crippen molar-refractivity contribution in [2.24, 2.45) is 0 Å². The molecule has 2 heterocycles. The van der Waals surface area contributed by atoms with Crippen LogP contribution in [0.4, 0.5) is 11.5 Å². The van der Waals surface area contributed by atoms with Gasteiger partial charge in [0.15, 0.2) is 0 Å². The maximum atomic E-state index is 5.53. The molecule has 1 saturated heterocycles. The average molecular weight is 221 g/mol. The Hall–Kier alpha value is -1.29. The molecule has 2 N–H and O–H groups in total. The van der Waals surface area contributed by atoms with Gasteiger partial charge in [-0.1, -0.05) is 0 Å². The van der Waals surface area contributed by atoms with Crippen molar-refractivity contribution in [2.75, 3.05) is 30.3 Å². The maximum absolute atomic E-state index is 5.53. The number of pyridine rings is 1. The molecule has 0 bridgehead atoms. The van der Waals surface area contributed by atoms with Crippen LogP contribution in [0.15, 0.2) is 18.3 Å². The molecule has 0 amide bonds. The summed E-state index contributed by atoms with van der Waals surface area (Å²) in [5, 5.41) is 6.51. The van der Waals surface area contributed by atoms with Gasteiger partial charge in [0.2, 0.25) is 0 Å². The molecular formula is C12H19N3O. The molecule has 2 rings (SSSR count). The van der Waals surface area contributed by atoms with Crippen LogP contribution in [0.3, 0.4) is 0 Å². The molecule has 4 heteroatoms. The van der Waals surface area contributed by atoms with Crippen molar-refractivity contribution in [2.45, 2.75) is 25.9 Å². The molecule has 1 fully saturated rings. The number of hydrogen-bond donors (Lipinski definition) is 2. The quantitative estimate of drug-likeness (QED) is 0.799. The minimum atomic E-state index is 0.357. The van der Waals surface area contributed by atoms with Crippen LogP contribution in [0.1, 0.15) is 19.8 Å². The first-order valence-electron chi connectivity index (χ1n) is 5.94. The summed E-state index contributed by atoms with van der Waals surface area (Å²) in [6, 6.07) is 4.03. The lowest BCUT2D eigenvalue weighted by atomic mass is 10.2. The first-order valence-corrected chi connectivity index (χ1v) is 5.94. The van der Waals surface area contributed by atoms with Crippen LogP contribution in [-0.4, -0.2) is 30.8 Å². The highest BCUT2D eigenvalue weighted by Gasteiger charge is 2.14. The van der Waals surface area contributed by atoms with E-state index in [1.165, 1.54) is 6.42 Å². The number of ether oxygens (including phenoxy) is 1. The molecule has 16 heavy (non-hydrogen) atoms. The van der Waals surface area contributed by atoms with Crippen molar-refractivity contribution in [1.29, 1.82) is 0 Å². The number of nitrogens with zero attached hydrogens (tertiary/aromatic N) is 1. The highest BCUT2D eigenvalue weighted by molar-refractivity contribution is 5.47. The molecule has 1 unspecified atom stereocenters. The van der Waals surface area contributed by atoms with E-state index < -0.39 is 0 Å². The zero-order valence-electron chi connectivity index (χ0n) is 9.70. The van der Waals surface area contributed by atoms with Crippen molar-refractivity contribution in [3.63, 3.8) is 0 Å². The van der Waals surface area contributed by atoms with Crippen LogP contribution in [0.5, 0.6) is 0 Å². The van der Waals surface area contributed by atoms with Gasteiger partial charge < -0.3 is 15.4 Å². The standard InChI is InChI=1S/C12H19N3O/c1-2-13-10-5-6-12(14-8-10)15-9-11-4-3-7-16-11/h5-6,8,11,13H,2-4,7,9H2,1H3,(H,14,15). The lowest BCUT2D eigenvalue weighted by Crippen LogP contribution is -2.18. The van der Waals surface area contributed by atoms with E-state index in [2.05, 4.69) is 22.5 Å². The van der Waals surface area contributed by atoms with Gasteiger partial charge in [-0.3, -0.25) is 0 Å². The first-order chi connectivity index (χ1) is 7.88. The monoisotopic (exact) mass is 221 g/mol. The van der Waals surface area contributed by atoms with E-state index >= 15 is 0 Å². The van der Waals surface area contributed by atoms with Crippen LogP contribution < -0.4 is 10.6 Å². The second-order valence-electron chi connectivity index (χ2n) is 3.98. The smallest absolute Gasteiger partial charge is 0.126 e. The zero-order chi connectivity index (χ0) is 11.2. The summed E-state index contributed by atoms with van der Waals surface area (Å²) in [6.45, 7) is 4.75. The summed E-state index contributed by atoms with van der Waals surface area (Å²) in [7, 11) is 0. The van der Waals surface area contributed by atoms with Gasteiger partial charge in [-0.05, 0) is 31.9 Å². The first kappa shape index (κ1) is 11.2. The summed E-state index contributed by atoms with van der Waals surface area (Å²) in [6.07, 6.45) is 4.54. The molecule has 88 valence electrons. The zero-order valence-corrected chi connectivity index (χ0v) is 9.70. The molecule has 1 atom stereocenters. The van der Waals surface area contributed by atoms with Gasteiger partial charge in [0.1, 0.15) is 5.82 Å². The van der Waals surface area contributed by atoms with Crippen molar-refractivity contribution < 1.29 is 4.74 Å². The summed E-state index contributed by atoms with van der Waals surface area (Å²) in [4.78, 5) is 4.33. The van der Waals surface area contributed by atoms with Gasteiger partial charge in [0, 0.05) is 19.7 Å². The van der Waals surface area contributed by atoms with Crippen molar-refractivity contribution in [1.82, 2.24) is 4.98 Å². The number of hydrogen-bond acceptors (Lipinski definition) is 4. The van der Waals surface area contributed by atoms with Gasteiger partial charge in [0.25, 0.3) is 0 Å². The van der Waals surface area contributed by atoms with E-state index in [-0.39, 0.29) is 0 Å². The van der Waals surface area contributed by atoms with Gasteiger partial charge in [-0.2, -0.15) is 0 Å². The molecule has 1 aromatic rings. The van der Waals surface area contributed by atoms with E-state index in [9.17, 15) is 0 Å². The molecule has 4 nitrogen and oxygen atoms in total. The Kier molecular flexibility index (Phi) is 3.99. The van der Waals surface area contributed by atoms with Crippen molar-refractivity contribution in [3.05, 3.63) is 18.3 Å². The third kappa shape index (κ3) is 3.10. The number of nitrogens with one attached hydrogen (secondary N) is 2. The Bertz CT molecular complexity index is 307. The lowest BCUT2D eigenvalue weighted by molar-refractivity contribution is 0.120. The van der Waals surface area contributed by atoms with Crippen molar-refractivity contribution >= 4 is 11.5 Å². The molecule has 1 aromatic heterocycles. The predicted molar refractivity (Wildman–Crippen MR) is 65.9 cm³/mol. The van der Waals surface area contributed by atoms with Crippen LogP contribution in [0.2, 0.25) is 0 Å². The highest BCUT2D eigenvalue weighted by atomic mass is 16.5. The Morgan fingerprint density at radius 1 is 1.44 bits per heavy atom. The summed E-state index contributed by atoms with van der Waals surface area (Å²) in [5.41, 5.74) is 1.06. The SMILES string of the molecule is CCNc1ccc(NCC2CCCO2)nc1. The fourth-order valence-electron chi connectivity index (χ4n) is 1.83. The number of aromatic nitrogens is 1. The van der Waals surface area contributed by atoms with E-state index in [0.717, 1.165) is 37.6 Å². The van der Waals surface area contributed by atoms with Crippen LogP contribution in [-0.2, 0) is 4.74 Å². The minimum absolute atomic E-state index is 0.357. The van der Waals surface area contributed by atoms with Crippen molar-refractivity contribution in [3.8, 4) is 0 Å². The Morgan fingerprint density at radius 2 is 2.38 bits per heavy atom. The normalized spacial score (nSPS) is 19.7. The molecular weight excluding hydrogens is 202 g/mol. The van der Waals surface area contributed by atoms with E-state index in [4.69, 9.17) is 4.74 Å². The van der Waals surface area contributed by atoms with Gasteiger partial charge in [-0.15, -0.1) is 0 Å². The second kappa shape index (κ2) is 5.70. The summed E-state index contributed by atoms with van der Waals surface area (Å²) < 4.78 is 5.53. The topological polar surface area (TPSA) is 46.2 Å². The number of rotatable bonds is 5. The van der Waals surface area contributed by atoms with E-state index in [0.29, 0.717) is 6.10 Å². The molecule has 0 aliphatic carbocycles. The fourth-order valence-corrected chi connectivity index (χ4v) is 1.83. The summed E-state index contributed by atoms with van der Waals surface area (Å²) in [5.74, 6) is 0.914.